The number of dihydropyridines is 1. The summed E-state index contributed by atoms with van der Waals surface area (Å²) in [5, 5.41) is 12.1. The molecule has 1 atom stereocenters. The molecule has 0 aromatic carbocycles. The third-order valence-electron chi connectivity index (χ3n) is 2.55. The summed E-state index contributed by atoms with van der Waals surface area (Å²) < 4.78 is 0. The number of aliphatic carboxylic acids is 1. The van der Waals surface area contributed by atoms with Crippen LogP contribution >= 0.6 is 0 Å². The van der Waals surface area contributed by atoms with Gasteiger partial charge in [0, 0.05) is 12.5 Å². The van der Waals surface area contributed by atoms with E-state index in [1.54, 1.807) is 0 Å². The van der Waals surface area contributed by atoms with Crippen molar-refractivity contribution in [1.29, 1.82) is 0 Å². The first-order valence-electron chi connectivity index (χ1n) is 4.46. The maximum absolute atomic E-state index is 10.8. The van der Waals surface area contributed by atoms with Gasteiger partial charge in [0.2, 0.25) is 0 Å². The second-order valence-corrected chi connectivity index (χ2v) is 3.33. The highest BCUT2D eigenvalue weighted by Gasteiger charge is 2.29. The third-order valence-corrected chi connectivity index (χ3v) is 2.55. The van der Waals surface area contributed by atoms with E-state index < -0.39 is 5.97 Å². The fourth-order valence-electron chi connectivity index (χ4n) is 1.90. The second kappa shape index (κ2) is 3.30. The smallest absolute Gasteiger partial charge is 0.350 e. The lowest BCUT2D eigenvalue weighted by Crippen LogP contribution is -2.38. The molecule has 0 aliphatic carbocycles. The molecule has 0 saturated carbocycles. The fraction of sp³-hybridized carbons (Fsp3) is 0.556. The van der Waals surface area contributed by atoms with Crippen molar-refractivity contribution in [2.24, 2.45) is 10.9 Å². The van der Waals surface area contributed by atoms with Gasteiger partial charge in [-0.05, 0) is 18.5 Å². The minimum absolute atomic E-state index is 0.0625. The Bertz CT molecular complexity index is 294. The average Bonchev–Trinajstić information content (AvgIpc) is 2.17. The number of carboxylic acid groups (broad SMARTS) is 1. The summed E-state index contributed by atoms with van der Waals surface area (Å²) in [4.78, 5) is 14.9. The van der Waals surface area contributed by atoms with Gasteiger partial charge in [-0.3, -0.25) is 4.99 Å². The van der Waals surface area contributed by atoms with E-state index in [-0.39, 0.29) is 5.92 Å². The van der Waals surface area contributed by atoms with E-state index in [9.17, 15) is 4.79 Å². The molecule has 1 saturated heterocycles. The zero-order valence-corrected chi connectivity index (χ0v) is 7.29. The normalized spacial score (nSPS) is 27.2. The maximum Gasteiger partial charge on any atom is 0.350 e. The zero-order valence-electron chi connectivity index (χ0n) is 7.29. The van der Waals surface area contributed by atoms with Crippen LogP contribution in [0.5, 0.6) is 0 Å². The van der Waals surface area contributed by atoms with Gasteiger partial charge in [-0.1, -0.05) is 6.08 Å². The maximum atomic E-state index is 10.8. The number of nitrogens with one attached hydrogen (secondary N) is 1. The van der Waals surface area contributed by atoms with Crippen molar-refractivity contribution in [3.63, 3.8) is 0 Å². The Morgan fingerprint density at radius 3 is 3.31 bits per heavy atom. The minimum atomic E-state index is -0.863. The van der Waals surface area contributed by atoms with Crippen LogP contribution in [0.25, 0.3) is 0 Å². The van der Waals surface area contributed by atoms with Crippen LogP contribution in [0.2, 0.25) is 0 Å². The van der Waals surface area contributed by atoms with Gasteiger partial charge in [-0.25, -0.2) is 4.79 Å². The summed E-state index contributed by atoms with van der Waals surface area (Å²) in [6.07, 6.45) is 2.89. The molecule has 0 amide bonds. The Hall–Kier alpha value is -1.16. The Balaban J connectivity index is 2.22. The Labute approximate surface area is 76.4 Å². The second-order valence-electron chi connectivity index (χ2n) is 3.33. The van der Waals surface area contributed by atoms with Gasteiger partial charge >= 0.3 is 5.97 Å². The van der Waals surface area contributed by atoms with Crippen molar-refractivity contribution in [2.45, 2.75) is 6.42 Å². The van der Waals surface area contributed by atoms with Crippen molar-refractivity contribution in [1.82, 2.24) is 5.32 Å². The number of fused-ring (bicyclic) bond motifs is 1. The van der Waals surface area contributed by atoms with E-state index in [4.69, 9.17) is 5.11 Å². The molecule has 2 N–H and O–H groups in total. The van der Waals surface area contributed by atoms with Crippen LogP contribution in [-0.4, -0.2) is 36.4 Å². The molecule has 0 bridgehead atoms. The molecule has 0 radical (unpaired) electrons. The van der Waals surface area contributed by atoms with Gasteiger partial charge in [0.1, 0.15) is 5.71 Å². The SMILES string of the molecule is O=C(O)C1=NCC=C2CNCCC21. The van der Waals surface area contributed by atoms with Gasteiger partial charge < -0.3 is 10.4 Å². The number of hydrogen-bond acceptors (Lipinski definition) is 3. The number of rotatable bonds is 1. The number of carbonyl (C=O) groups is 1. The Morgan fingerprint density at radius 2 is 2.54 bits per heavy atom. The lowest BCUT2D eigenvalue weighted by atomic mass is 9.86. The van der Waals surface area contributed by atoms with Crippen LogP contribution in [0.4, 0.5) is 0 Å². The molecule has 0 aromatic rings. The molecule has 2 aliphatic rings. The van der Waals surface area contributed by atoms with E-state index in [0.717, 1.165) is 19.5 Å². The first-order chi connectivity index (χ1) is 6.29. The Morgan fingerprint density at radius 1 is 1.69 bits per heavy atom. The Kier molecular flexibility index (Phi) is 2.14. The van der Waals surface area contributed by atoms with E-state index in [2.05, 4.69) is 10.3 Å². The molecule has 2 heterocycles. The van der Waals surface area contributed by atoms with E-state index in [1.807, 2.05) is 6.08 Å². The standard InChI is InChI=1S/C9H12N2O2/c12-9(13)8-7-2-3-10-5-6(7)1-4-11-8/h1,7,10H,2-5H2,(H,12,13). The van der Waals surface area contributed by atoms with Crippen molar-refractivity contribution in [3.8, 4) is 0 Å². The quantitative estimate of drug-likeness (QED) is 0.561. The van der Waals surface area contributed by atoms with Gasteiger partial charge in [0.15, 0.2) is 0 Å². The molecular formula is C9H12N2O2. The van der Waals surface area contributed by atoms with Crippen LogP contribution in [0.1, 0.15) is 6.42 Å². The zero-order chi connectivity index (χ0) is 9.26. The first kappa shape index (κ1) is 8.44. The minimum Gasteiger partial charge on any atom is -0.477 e. The van der Waals surface area contributed by atoms with Gasteiger partial charge in [0.05, 0.1) is 6.54 Å². The van der Waals surface area contributed by atoms with Crippen molar-refractivity contribution in [2.75, 3.05) is 19.6 Å². The number of nitrogens with zero attached hydrogens (tertiary/aromatic N) is 1. The van der Waals surface area contributed by atoms with Crippen molar-refractivity contribution < 1.29 is 9.90 Å². The van der Waals surface area contributed by atoms with Crippen molar-refractivity contribution in [3.05, 3.63) is 11.6 Å². The van der Waals surface area contributed by atoms with Gasteiger partial charge in [-0.15, -0.1) is 0 Å². The van der Waals surface area contributed by atoms with Crippen LogP contribution in [-0.2, 0) is 4.79 Å². The van der Waals surface area contributed by atoms with Crippen molar-refractivity contribution >= 4 is 11.7 Å². The summed E-state index contributed by atoms with van der Waals surface area (Å²) in [6.45, 7) is 2.22. The number of aliphatic imine (C=N–C) groups is 1. The summed E-state index contributed by atoms with van der Waals surface area (Å²) in [5.74, 6) is -0.801. The summed E-state index contributed by atoms with van der Waals surface area (Å²) in [7, 11) is 0. The molecule has 13 heavy (non-hydrogen) atoms. The first-order valence-corrected chi connectivity index (χ1v) is 4.46. The van der Waals surface area contributed by atoms with E-state index >= 15 is 0 Å². The number of carboxylic acids is 1. The van der Waals surface area contributed by atoms with E-state index in [1.165, 1.54) is 5.57 Å². The highest BCUT2D eigenvalue weighted by atomic mass is 16.4. The lowest BCUT2D eigenvalue weighted by Gasteiger charge is -2.28. The molecule has 4 nitrogen and oxygen atoms in total. The third kappa shape index (κ3) is 1.49. The predicted molar refractivity (Wildman–Crippen MR) is 49.0 cm³/mol. The summed E-state index contributed by atoms with van der Waals surface area (Å²) in [6, 6.07) is 0. The van der Waals surface area contributed by atoms with Crippen LogP contribution in [0.15, 0.2) is 16.6 Å². The highest BCUT2D eigenvalue weighted by Crippen LogP contribution is 2.23. The number of hydrogen-bond donors (Lipinski definition) is 2. The van der Waals surface area contributed by atoms with Gasteiger partial charge in [0.25, 0.3) is 0 Å². The fourth-order valence-corrected chi connectivity index (χ4v) is 1.90. The molecule has 2 aliphatic heterocycles. The summed E-state index contributed by atoms with van der Waals surface area (Å²) >= 11 is 0. The number of piperidine rings is 1. The van der Waals surface area contributed by atoms with E-state index in [0.29, 0.717) is 12.3 Å². The molecule has 1 fully saturated rings. The van der Waals surface area contributed by atoms with Gasteiger partial charge in [-0.2, -0.15) is 0 Å². The topological polar surface area (TPSA) is 61.7 Å². The van der Waals surface area contributed by atoms with Crippen LogP contribution in [0.3, 0.4) is 0 Å². The monoisotopic (exact) mass is 180 g/mol. The lowest BCUT2D eigenvalue weighted by molar-refractivity contribution is -0.129. The molecular weight excluding hydrogens is 168 g/mol. The molecule has 4 heteroatoms. The molecule has 2 rings (SSSR count). The molecule has 0 spiro atoms. The van der Waals surface area contributed by atoms with Crippen LogP contribution < -0.4 is 5.32 Å². The molecule has 0 aromatic heterocycles. The predicted octanol–water partition coefficient (Wildman–Crippen LogP) is 0.0615. The largest absolute Gasteiger partial charge is 0.477 e. The average molecular weight is 180 g/mol. The van der Waals surface area contributed by atoms with Crippen LogP contribution in [0, 0.1) is 5.92 Å². The summed E-state index contributed by atoms with van der Waals surface area (Å²) in [5.41, 5.74) is 1.54. The highest BCUT2D eigenvalue weighted by molar-refractivity contribution is 6.37. The molecule has 1 unspecified atom stereocenters. The molecule has 70 valence electrons.